The summed E-state index contributed by atoms with van der Waals surface area (Å²) in [6.45, 7) is 3.40. The SMILES string of the molecule is C=CCN(C1CC(=O)N(c2ccc(I)cc2)C1=O)S(=O)(=O)c1cc(Cl)ccc1Cl. The number of rotatable bonds is 6. The molecule has 1 fully saturated rings. The zero-order valence-electron chi connectivity index (χ0n) is 14.9. The number of imide groups is 1. The second-order valence-electron chi connectivity index (χ2n) is 6.20. The minimum atomic E-state index is -4.22. The molecule has 0 saturated carbocycles. The van der Waals surface area contributed by atoms with Gasteiger partial charge in [-0.05, 0) is 65.1 Å². The fourth-order valence-electron chi connectivity index (χ4n) is 3.02. The molecule has 2 aromatic rings. The van der Waals surface area contributed by atoms with Gasteiger partial charge in [0.05, 0.1) is 17.1 Å². The highest BCUT2D eigenvalue weighted by molar-refractivity contribution is 14.1. The fourth-order valence-corrected chi connectivity index (χ4v) is 5.67. The van der Waals surface area contributed by atoms with Crippen molar-refractivity contribution in [1.82, 2.24) is 4.31 Å². The molecule has 1 atom stereocenters. The third-order valence-corrected chi connectivity index (χ3v) is 7.65. The van der Waals surface area contributed by atoms with Crippen molar-refractivity contribution in [3.8, 4) is 0 Å². The first-order chi connectivity index (χ1) is 13.7. The second-order valence-corrected chi connectivity index (χ2v) is 10.2. The molecule has 0 radical (unpaired) electrons. The van der Waals surface area contributed by atoms with Crippen molar-refractivity contribution in [2.24, 2.45) is 0 Å². The Hall–Kier alpha value is -1.46. The maximum absolute atomic E-state index is 13.3. The summed E-state index contributed by atoms with van der Waals surface area (Å²) < 4.78 is 28.4. The van der Waals surface area contributed by atoms with E-state index in [0.717, 1.165) is 12.8 Å². The summed E-state index contributed by atoms with van der Waals surface area (Å²) in [5.41, 5.74) is 0.389. The van der Waals surface area contributed by atoms with Crippen molar-refractivity contribution in [1.29, 1.82) is 0 Å². The number of benzene rings is 2. The predicted octanol–water partition coefficient (Wildman–Crippen LogP) is 4.11. The Kier molecular flexibility index (Phi) is 6.69. The first kappa shape index (κ1) is 22.2. The highest BCUT2D eigenvalue weighted by Crippen LogP contribution is 2.33. The van der Waals surface area contributed by atoms with Gasteiger partial charge >= 0.3 is 0 Å². The van der Waals surface area contributed by atoms with Crippen molar-refractivity contribution in [2.75, 3.05) is 11.4 Å². The summed E-state index contributed by atoms with van der Waals surface area (Å²) in [6, 6.07) is 9.63. The Labute approximate surface area is 192 Å². The van der Waals surface area contributed by atoms with E-state index in [9.17, 15) is 18.0 Å². The number of halogens is 3. The smallest absolute Gasteiger partial charge is 0.252 e. The maximum Gasteiger partial charge on any atom is 0.252 e. The van der Waals surface area contributed by atoms with Crippen LogP contribution in [0.4, 0.5) is 5.69 Å². The van der Waals surface area contributed by atoms with E-state index in [1.807, 2.05) is 0 Å². The van der Waals surface area contributed by atoms with Crippen molar-refractivity contribution in [3.05, 3.63) is 68.7 Å². The van der Waals surface area contributed by atoms with Crippen molar-refractivity contribution >= 4 is 73.3 Å². The van der Waals surface area contributed by atoms with Crippen LogP contribution in [0.3, 0.4) is 0 Å². The Morgan fingerprint density at radius 3 is 2.45 bits per heavy atom. The van der Waals surface area contributed by atoms with Gasteiger partial charge in [0.2, 0.25) is 15.9 Å². The Bertz CT molecular complexity index is 1090. The number of nitrogens with zero attached hydrogens (tertiary/aromatic N) is 2. The van der Waals surface area contributed by atoms with Crippen molar-refractivity contribution < 1.29 is 18.0 Å². The lowest BCUT2D eigenvalue weighted by molar-refractivity contribution is -0.122. The van der Waals surface area contributed by atoms with Gasteiger partial charge in [-0.3, -0.25) is 9.59 Å². The number of hydrogen-bond acceptors (Lipinski definition) is 4. The van der Waals surface area contributed by atoms with E-state index in [2.05, 4.69) is 29.2 Å². The first-order valence-electron chi connectivity index (χ1n) is 8.37. The largest absolute Gasteiger partial charge is 0.274 e. The highest BCUT2D eigenvalue weighted by atomic mass is 127. The normalized spacial score (nSPS) is 17.2. The van der Waals surface area contributed by atoms with Gasteiger partial charge in [-0.1, -0.05) is 29.3 Å². The maximum atomic E-state index is 13.3. The number of hydrogen-bond donors (Lipinski definition) is 0. The van der Waals surface area contributed by atoms with Crippen LogP contribution in [-0.4, -0.2) is 37.1 Å². The number of carbonyl (C=O) groups excluding carboxylic acids is 2. The lowest BCUT2D eigenvalue weighted by atomic mass is 10.2. The molecule has 0 bridgehead atoms. The monoisotopic (exact) mass is 564 g/mol. The van der Waals surface area contributed by atoms with E-state index in [0.29, 0.717) is 5.69 Å². The van der Waals surface area contributed by atoms with Crippen LogP contribution in [0, 0.1) is 3.57 Å². The van der Waals surface area contributed by atoms with Crippen LogP contribution < -0.4 is 4.90 Å². The zero-order chi connectivity index (χ0) is 21.3. The Morgan fingerprint density at radius 1 is 1.17 bits per heavy atom. The zero-order valence-corrected chi connectivity index (χ0v) is 19.4. The van der Waals surface area contributed by atoms with Crippen LogP contribution in [0.1, 0.15) is 6.42 Å². The summed E-state index contributed by atoms with van der Waals surface area (Å²) >= 11 is 14.1. The quantitative estimate of drug-likeness (QED) is 0.301. The lowest BCUT2D eigenvalue weighted by Gasteiger charge is -2.26. The molecule has 0 spiro atoms. The molecule has 152 valence electrons. The van der Waals surface area contributed by atoms with Gasteiger partial charge in [0.1, 0.15) is 10.9 Å². The molecule has 3 rings (SSSR count). The minimum Gasteiger partial charge on any atom is -0.274 e. The van der Waals surface area contributed by atoms with Crippen LogP contribution in [-0.2, 0) is 19.6 Å². The Balaban J connectivity index is 2.02. The first-order valence-corrected chi connectivity index (χ1v) is 11.6. The summed E-state index contributed by atoms with van der Waals surface area (Å²) in [5, 5.41) is 0.149. The van der Waals surface area contributed by atoms with Gasteiger partial charge in [0.25, 0.3) is 5.91 Å². The lowest BCUT2D eigenvalue weighted by Crippen LogP contribution is -2.45. The molecular weight excluding hydrogens is 550 g/mol. The van der Waals surface area contributed by atoms with Crippen LogP contribution in [0.25, 0.3) is 0 Å². The van der Waals surface area contributed by atoms with Gasteiger partial charge in [0.15, 0.2) is 0 Å². The van der Waals surface area contributed by atoms with Crippen LogP contribution >= 0.6 is 45.8 Å². The van der Waals surface area contributed by atoms with E-state index in [1.165, 1.54) is 24.3 Å². The molecule has 0 aliphatic carbocycles. The van der Waals surface area contributed by atoms with Crippen LogP contribution in [0.5, 0.6) is 0 Å². The van der Waals surface area contributed by atoms with Crippen LogP contribution in [0.15, 0.2) is 60.0 Å². The second kappa shape index (κ2) is 8.73. The summed E-state index contributed by atoms with van der Waals surface area (Å²) in [6.07, 6.45) is 1.07. The molecular formula is C19H15Cl2IN2O4S. The molecule has 1 aliphatic rings. The Morgan fingerprint density at radius 2 is 1.83 bits per heavy atom. The number of anilines is 1. The molecule has 1 aliphatic heterocycles. The molecule has 6 nitrogen and oxygen atoms in total. The van der Waals surface area contributed by atoms with Gasteiger partial charge in [-0.15, -0.1) is 6.58 Å². The van der Waals surface area contributed by atoms with Gasteiger partial charge in [-0.25, -0.2) is 13.3 Å². The minimum absolute atomic E-state index is 0.0327. The molecule has 10 heteroatoms. The van der Waals surface area contributed by atoms with Gasteiger partial charge < -0.3 is 0 Å². The van der Waals surface area contributed by atoms with Crippen LogP contribution in [0.2, 0.25) is 10.0 Å². The van der Waals surface area contributed by atoms with E-state index < -0.39 is 27.9 Å². The number of amides is 2. The molecule has 1 saturated heterocycles. The van der Waals surface area contributed by atoms with E-state index >= 15 is 0 Å². The summed E-state index contributed by atoms with van der Waals surface area (Å²) in [7, 11) is -4.22. The molecule has 29 heavy (non-hydrogen) atoms. The topological polar surface area (TPSA) is 74.8 Å². The highest BCUT2D eigenvalue weighted by Gasteiger charge is 2.46. The molecule has 0 N–H and O–H groups in total. The average molecular weight is 565 g/mol. The van der Waals surface area contributed by atoms with Gasteiger partial charge in [-0.2, -0.15) is 4.31 Å². The average Bonchev–Trinajstić information content (AvgIpc) is 2.96. The summed E-state index contributed by atoms with van der Waals surface area (Å²) in [4.78, 5) is 26.4. The molecule has 1 heterocycles. The molecule has 2 amide bonds. The third kappa shape index (κ3) is 4.36. The van der Waals surface area contributed by atoms with Crippen molar-refractivity contribution in [3.63, 3.8) is 0 Å². The van der Waals surface area contributed by atoms with E-state index in [4.69, 9.17) is 23.2 Å². The third-order valence-electron chi connectivity index (χ3n) is 4.34. The molecule has 0 aromatic heterocycles. The van der Waals surface area contributed by atoms with Gasteiger partial charge in [0, 0.05) is 15.1 Å². The summed E-state index contributed by atoms with van der Waals surface area (Å²) in [5.74, 6) is -1.11. The van der Waals surface area contributed by atoms with E-state index in [1.54, 1.807) is 24.3 Å². The fraction of sp³-hybridized carbons (Fsp3) is 0.158. The number of sulfonamides is 1. The van der Waals surface area contributed by atoms with Crippen molar-refractivity contribution in [2.45, 2.75) is 17.4 Å². The molecule has 1 unspecified atom stereocenters. The number of carbonyl (C=O) groups is 2. The predicted molar refractivity (Wildman–Crippen MR) is 121 cm³/mol. The molecule has 2 aromatic carbocycles. The van der Waals surface area contributed by atoms with E-state index in [-0.39, 0.29) is 27.9 Å². The standard InChI is InChI=1S/C19H15Cl2IN2O4S/c1-2-9-23(29(27,28)17-10-12(20)3-8-15(17)21)16-11-18(25)24(19(16)26)14-6-4-13(22)5-7-14/h2-8,10,16H,1,9,11H2.